The molecule has 0 saturated heterocycles. The zero-order chi connectivity index (χ0) is 14.0. The summed E-state index contributed by atoms with van der Waals surface area (Å²) in [5, 5.41) is 3.16. The molecule has 0 radical (unpaired) electrons. The summed E-state index contributed by atoms with van der Waals surface area (Å²) in [7, 11) is -0.232. The van der Waals surface area contributed by atoms with Gasteiger partial charge in [-0.3, -0.25) is 0 Å². The molecule has 0 heterocycles. The third-order valence-corrected chi connectivity index (χ3v) is 6.86. The van der Waals surface area contributed by atoms with Crippen LogP contribution in [-0.2, 0) is 0 Å². The van der Waals surface area contributed by atoms with Crippen LogP contribution in [0.2, 0.25) is 0 Å². The molecule has 2 aromatic carbocycles. The van der Waals surface area contributed by atoms with Crippen LogP contribution >= 0.6 is 7.92 Å². The minimum Gasteiger partial charge on any atom is -0.0617 e. The van der Waals surface area contributed by atoms with Gasteiger partial charge in [0.25, 0.3) is 0 Å². The van der Waals surface area contributed by atoms with Gasteiger partial charge in [0.1, 0.15) is 0 Å². The molecule has 0 N–H and O–H groups in total. The molecule has 100 valence electrons. The first-order chi connectivity index (χ1) is 9.06. The monoisotopic (exact) mass is 270 g/mol. The zero-order valence-corrected chi connectivity index (χ0v) is 13.5. The summed E-state index contributed by atoms with van der Waals surface area (Å²) in [6.45, 7) is 11.3. The van der Waals surface area contributed by atoms with E-state index in [-0.39, 0.29) is 7.92 Å². The fourth-order valence-corrected chi connectivity index (χ4v) is 5.75. The molecule has 0 aromatic heterocycles. The van der Waals surface area contributed by atoms with Gasteiger partial charge >= 0.3 is 0 Å². The summed E-state index contributed by atoms with van der Waals surface area (Å²) in [6, 6.07) is 13.3. The van der Waals surface area contributed by atoms with Crippen molar-refractivity contribution in [2.45, 2.75) is 34.6 Å². The molecule has 2 aromatic rings. The Balaban J connectivity index is 2.64. The molecule has 0 aliphatic heterocycles. The summed E-state index contributed by atoms with van der Waals surface area (Å²) >= 11 is 0. The molecule has 1 heteroatoms. The van der Waals surface area contributed by atoms with Gasteiger partial charge in [0.05, 0.1) is 0 Å². The Kier molecular flexibility index (Phi) is 4.42. The van der Waals surface area contributed by atoms with Gasteiger partial charge in [-0.1, -0.05) is 43.3 Å². The van der Waals surface area contributed by atoms with Crippen molar-refractivity contribution in [3.63, 3.8) is 0 Å². The smallest absolute Gasteiger partial charge is 0.0137 e. The maximum atomic E-state index is 2.32. The number of rotatable bonds is 3. The fraction of sp³-hybridized carbons (Fsp3) is 0.333. The molecule has 0 fully saturated rings. The van der Waals surface area contributed by atoms with Crippen LogP contribution in [0.4, 0.5) is 0 Å². The van der Waals surface area contributed by atoms with Crippen molar-refractivity contribution in [1.29, 1.82) is 0 Å². The van der Waals surface area contributed by atoms with Crippen molar-refractivity contribution >= 4 is 18.5 Å². The van der Waals surface area contributed by atoms with Crippen molar-refractivity contribution in [1.82, 2.24) is 0 Å². The van der Waals surface area contributed by atoms with Crippen LogP contribution in [0.1, 0.15) is 29.2 Å². The van der Waals surface area contributed by atoms with Gasteiger partial charge in [-0.05, 0) is 74.6 Å². The highest BCUT2D eigenvalue weighted by Crippen LogP contribution is 2.37. The number of hydrogen-bond donors (Lipinski definition) is 0. The number of benzene rings is 2. The zero-order valence-electron chi connectivity index (χ0n) is 12.6. The molecule has 0 saturated carbocycles. The largest absolute Gasteiger partial charge is 0.0617 e. The van der Waals surface area contributed by atoms with Crippen LogP contribution in [0.5, 0.6) is 0 Å². The molecular formula is C18H23P. The summed E-state index contributed by atoms with van der Waals surface area (Å²) in [5.74, 6) is 0. The van der Waals surface area contributed by atoms with Crippen LogP contribution in [0.25, 0.3) is 0 Å². The molecule has 0 aliphatic carbocycles. The minimum atomic E-state index is -0.232. The Morgan fingerprint density at radius 1 is 0.684 bits per heavy atom. The van der Waals surface area contributed by atoms with Crippen LogP contribution in [-0.4, -0.2) is 6.16 Å². The van der Waals surface area contributed by atoms with Gasteiger partial charge in [-0.15, -0.1) is 0 Å². The summed E-state index contributed by atoms with van der Waals surface area (Å²) < 4.78 is 0. The lowest BCUT2D eigenvalue weighted by Crippen LogP contribution is -2.22. The molecule has 0 bridgehead atoms. The maximum Gasteiger partial charge on any atom is -0.0137 e. The van der Waals surface area contributed by atoms with Gasteiger partial charge in [0.2, 0.25) is 0 Å². The average Bonchev–Trinajstić information content (AvgIpc) is 2.36. The molecule has 0 unspecified atom stereocenters. The van der Waals surface area contributed by atoms with Gasteiger partial charge in [0, 0.05) is 0 Å². The first-order valence-electron chi connectivity index (χ1n) is 6.96. The Bertz CT molecular complexity index is 492. The molecule has 0 atom stereocenters. The summed E-state index contributed by atoms with van der Waals surface area (Å²) in [5.41, 5.74) is 5.76. The number of hydrogen-bond acceptors (Lipinski definition) is 0. The van der Waals surface area contributed by atoms with Crippen LogP contribution < -0.4 is 10.6 Å². The lowest BCUT2D eigenvalue weighted by Gasteiger charge is -2.24. The second-order valence-electron chi connectivity index (χ2n) is 5.23. The quantitative estimate of drug-likeness (QED) is 0.726. The topological polar surface area (TPSA) is 0 Å². The molecule has 19 heavy (non-hydrogen) atoms. The molecular weight excluding hydrogens is 247 g/mol. The molecule has 0 nitrogen and oxygen atoms in total. The Morgan fingerprint density at radius 2 is 1.00 bits per heavy atom. The van der Waals surface area contributed by atoms with Crippen LogP contribution in [0.3, 0.4) is 0 Å². The number of aryl methyl sites for hydroxylation is 4. The fourth-order valence-electron chi connectivity index (χ4n) is 2.89. The van der Waals surface area contributed by atoms with E-state index in [1.54, 1.807) is 10.6 Å². The highest BCUT2D eigenvalue weighted by molar-refractivity contribution is 7.73. The van der Waals surface area contributed by atoms with Crippen molar-refractivity contribution in [3.8, 4) is 0 Å². The third kappa shape index (κ3) is 2.74. The Morgan fingerprint density at radius 3 is 1.26 bits per heavy atom. The van der Waals surface area contributed by atoms with Crippen molar-refractivity contribution < 1.29 is 0 Å². The van der Waals surface area contributed by atoms with Gasteiger partial charge in [-0.2, -0.15) is 0 Å². The highest BCUT2D eigenvalue weighted by Gasteiger charge is 2.19. The molecule has 2 rings (SSSR count). The van der Waals surface area contributed by atoms with E-state index in [0.717, 1.165) is 0 Å². The Labute approximate surface area is 118 Å². The van der Waals surface area contributed by atoms with Crippen molar-refractivity contribution in [2.75, 3.05) is 6.16 Å². The van der Waals surface area contributed by atoms with E-state index in [1.165, 1.54) is 28.4 Å². The van der Waals surface area contributed by atoms with E-state index in [1.807, 2.05) is 0 Å². The molecule has 0 spiro atoms. The first-order valence-corrected chi connectivity index (χ1v) is 8.49. The van der Waals surface area contributed by atoms with E-state index >= 15 is 0 Å². The lowest BCUT2D eigenvalue weighted by atomic mass is 10.1. The van der Waals surface area contributed by atoms with Crippen LogP contribution in [0.15, 0.2) is 36.4 Å². The van der Waals surface area contributed by atoms with Crippen molar-refractivity contribution in [2.24, 2.45) is 0 Å². The normalized spacial score (nSPS) is 11.1. The summed E-state index contributed by atoms with van der Waals surface area (Å²) in [4.78, 5) is 0. The average molecular weight is 270 g/mol. The third-order valence-electron chi connectivity index (χ3n) is 3.74. The predicted octanol–water partition coefficient (Wildman–Crippen LogP) is 4.37. The summed E-state index contributed by atoms with van der Waals surface area (Å²) in [6.07, 6.45) is 1.21. The van der Waals surface area contributed by atoms with Gasteiger partial charge in [-0.25, -0.2) is 0 Å². The van der Waals surface area contributed by atoms with E-state index in [2.05, 4.69) is 71.0 Å². The molecule has 0 aliphatic rings. The van der Waals surface area contributed by atoms with E-state index in [9.17, 15) is 0 Å². The van der Waals surface area contributed by atoms with E-state index < -0.39 is 0 Å². The lowest BCUT2D eigenvalue weighted by molar-refractivity contribution is 1.40. The molecule has 0 amide bonds. The predicted molar refractivity (Wildman–Crippen MR) is 88.6 cm³/mol. The van der Waals surface area contributed by atoms with Gasteiger partial charge < -0.3 is 0 Å². The van der Waals surface area contributed by atoms with E-state index in [0.29, 0.717) is 0 Å². The highest BCUT2D eigenvalue weighted by atomic mass is 31.1. The van der Waals surface area contributed by atoms with Crippen molar-refractivity contribution in [3.05, 3.63) is 58.7 Å². The maximum absolute atomic E-state index is 2.32. The van der Waals surface area contributed by atoms with E-state index in [4.69, 9.17) is 0 Å². The minimum absolute atomic E-state index is 0.232. The first kappa shape index (κ1) is 14.3. The second kappa shape index (κ2) is 5.88. The van der Waals surface area contributed by atoms with Gasteiger partial charge in [0.15, 0.2) is 0 Å². The Hall–Kier alpha value is -1.13. The van der Waals surface area contributed by atoms with Crippen LogP contribution in [0, 0.1) is 27.7 Å². The standard InChI is InChI=1S/C18H23P/c1-6-19(17-13(2)9-7-10-14(17)3)18-15(4)11-8-12-16(18)5/h7-12H,6H2,1-5H3. The second-order valence-corrected chi connectivity index (χ2v) is 7.61. The SMILES string of the molecule is CCP(c1c(C)cccc1C)c1c(C)cccc1C.